The minimum absolute atomic E-state index is 0.0148. The Morgan fingerprint density at radius 3 is 2.62 bits per heavy atom. The second-order valence-corrected chi connectivity index (χ2v) is 4.97. The zero-order valence-electron chi connectivity index (χ0n) is 11.5. The molecule has 0 amide bonds. The number of likely N-dealkylation sites (N-methyl/N-ethyl adjacent to an activating group) is 1. The van der Waals surface area contributed by atoms with Crippen LogP contribution in [0.2, 0.25) is 0 Å². The third-order valence-electron chi connectivity index (χ3n) is 3.88. The molecule has 0 radical (unpaired) electrons. The normalized spacial score (nSPS) is 25.8. The van der Waals surface area contributed by atoms with E-state index in [4.69, 9.17) is 0 Å². The van der Waals surface area contributed by atoms with E-state index in [-0.39, 0.29) is 12.0 Å². The Kier molecular flexibility index (Phi) is 4.22. The van der Waals surface area contributed by atoms with Gasteiger partial charge in [0.05, 0.1) is 19.1 Å². The number of carbonyl (C=O) groups is 2. The lowest BCUT2D eigenvalue weighted by Crippen LogP contribution is -2.35. The van der Waals surface area contributed by atoms with Crippen LogP contribution < -0.4 is 0 Å². The highest BCUT2D eigenvalue weighted by molar-refractivity contribution is 5.79. The van der Waals surface area contributed by atoms with E-state index in [0.717, 1.165) is 6.07 Å². The van der Waals surface area contributed by atoms with E-state index in [1.165, 1.54) is 31.2 Å². The van der Waals surface area contributed by atoms with Gasteiger partial charge in [0.15, 0.2) is 11.6 Å². The summed E-state index contributed by atoms with van der Waals surface area (Å²) in [5, 5.41) is 9.30. The number of carboxylic acids is 1. The van der Waals surface area contributed by atoms with Crippen LogP contribution in [0.4, 0.5) is 8.78 Å². The molecule has 3 atom stereocenters. The molecule has 7 heteroatoms. The van der Waals surface area contributed by atoms with Gasteiger partial charge in [-0.2, -0.15) is 0 Å². The lowest BCUT2D eigenvalue weighted by atomic mass is 9.93. The van der Waals surface area contributed by atoms with Crippen molar-refractivity contribution < 1.29 is 28.2 Å². The molecule has 5 nitrogen and oxygen atoms in total. The Bertz CT molecular complexity index is 578. The van der Waals surface area contributed by atoms with Gasteiger partial charge in [-0.1, -0.05) is 12.1 Å². The zero-order valence-corrected chi connectivity index (χ0v) is 11.5. The summed E-state index contributed by atoms with van der Waals surface area (Å²) in [7, 11) is 2.70. The monoisotopic (exact) mass is 299 g/mol. The van der Waals surface area contributed by atoms with Crippen LogP contribution in [0, 0.1) is 17.6 Å². The molecule has 0 bridgehead atoms. The van der Waals surface area contributed by atoms with E-state index in [2.05, 4.69) is 4.74 Å². The molecule has 0 unspecified atom stereocenters. The maximum absolute atomic E-state index is 14.0. The number of hydrogen-bond acceptors (Lipinski definition) is 4. The number of esters is 1. The fourth-order valence-electron chi connectivity index (χ4n) is 2.83. The summed E-state index contributed by atoms with van der Waals surface area (Å²) in [6.07, 6.45) is -0.0148. The number of nitrogens with zero attached hydrogens (tertiary/aromatic N) is 1. The van der Waals surface area contributed by atoms with Crippen LogP contribution in [0.15, 0.2) is 18.2 Å². The Balaban J connectivity index is 2.46. The smallest absolute Gasteiger partial charge is 0.323 e. The van der Waals surface area contributed by atoms with E-state index < -0.39 is 41.6 Å². The maximum Gasteiger partial charge on any atom is 0.323 e. The molecule has 1 heterocycles. The second-order valence-electron chi connectivity index (χ2n) is 4.97. The molecule has 1 aromatic carbocycles. The zero-order chi connectivity index (χ0) is 15.7. The van der Waals surface area contributed by atoms with Crippen molar-refractivity contribution in [1.29, 1.82) is 0 Å². The SMILES string of the molecule is COC(=O)[C@H]1C[C@H](C(=O)O)[C@H](c2cccc(F)c2F)N1C. The Labute approximate surface area is 120 Å². The number of aliphatic carboxylic acids is 1. The maximum atomic E-state index is 14.0. The molecule has 0 saturated carbocycles. The van der Waals surface area contributed by atoms with Crippen molar-refractivity contribution >= 4 is 11.9 Å². The number of rotatable bonds is 3. The fraction of sp³-hybridized carbons (Fsp3) is 0.429. The molecule has 2 rings (SSSR count). The van der Waals surface area contributed by atoms with Gasteiger partial charge in [-0.15, -0.1) is 0 Å². The van der Waals surface area contributed by atoms with E-state index in [9.17, 15) is 23.5 Å². The molecule has 1 aliphatic heterocycles. The van der Waals surface area contributed by atoms with Gasteiger partial charge in [0.25, 0.3) is 0 Å². The summed E-state index contributed by atoms with van der Waals surface area (Å²) >= 11 is 0. The van der Waals surface area contributed by atoms with Gasteiger partial charge in [-0.3, -0.25) is 14.5 Å². The summed E-state index contributed by atoms with van der Waals surface area (Å²) in [5.74, 6) is -4.92. The number of carboxylic acid groups (broad SMARTS) is 1. The predicted molar refractivity (Wildman–Crippen MR) is 68.4 cm³/mol. The van der Waals surface area contributed by atoms with Crippen molar-refractivity contribution in [2.75, 3.05) is 14.2 Å². The average molecular weight is 299 g/mol. The van der Waals surface area contributed by atoms with Crippen LogP contribution in [0.5, 0.6) is 0 Å². The standard InChI is InChI=1S/C14H15F2NO4/c1-17-10(14(20)21-2)6-8(13(18)19)12(17)7-4-3-5-9(15)11(7)16/h3-5,8,10,12H,6H2,1-2H3,(H,18,19)/t8-,10+,12-/m0/s1. The average Bonchev–Trinajstić information content (AvgIpc) is 2.79. The van der Waals surface area contributed by atoms with Crippen molar-refractivity contribution in [1.82, 2.24) is 4.90 Å². The number of likely N-dealkylation sites (tertiary alicyclic amines) is 1. The van der Waals surface area contributed by atoms with Crippen molar-refractivity contribution in [3.8, 4) is 0 Å². The second kappa shape index (κ2) is 5.77. The first-order valence-electron chi connectivity index (χ1n) is 6.35. The molecule has 1 N–H and O–H groups in total. The highest BCUT2D eigenvalue weighted by Crippen LogP contribution is 2.41. The van der Waals surface area contributed by atoms with Gasteiger partial charge in [-0.25, -0.2) is 8.78 Å². The first kappa shape index (κ1) is 15.4. The molecule has 0 aliphatic carbocycles. The van der Waals surface area contributed by atoms with Crippen LogP contribution in [-0.4, -0.2) is 42.1 Å². The highest BCUT2D eigenvalue weighted by atomic mass is 19.2. The number of carbonyl (C=O) groups excluding carboxylic acids is 1. The van der Waals surface area contributed by atoms with Gasteiger partial charge >= 0.3 is 11.9 Å². The Morgan fingerprint density at radius 2 is 2.05 bits per heavy atom. The summed E-state index contributed by atoms with van der Waals surface area (Å²) in [4.78, 5) is 24.5. The molecular weight excluding hydrogens is 284 g/mol. The van der Waals surface area contributed by atoms with Crippen LogP contribution in [0.25, 0.3) is 0 Å². The van der Waals surface area contributed by atoms with E-state index in [0.29, 0.717) is 0 Å². The van der Waals surface area contributed by atoms with Crippen LogP contribution in [0.1, 0.15) is 18.0 Å². The van der Waals surface area contributed by atoms with E-state index in [1.807, 2.05) is 0 Å². The quantitative estimate of drug-likeness (QED) is 0.858. The van der Waals surface area contributed by atoms with Crippen molar-refractivity contribution in [2.45, 2.75) is 18.5 Å². The molecule has 21 heavy (non-hydrogen) atoms. The van der Waals surface area contributed by atoms with Crippen LogP contribution in [-0.2, 0) is 14.3 Å². The van der Waals surface area contributed by atoms with Gasteiger partial charge in [0.2, 0.25) is 0 Å². The summed E-state index contributed by atoms with van der Waals surface area (Å²) in [6.45, 7) is 0. The minimum atomic E-state index is -1.16. The number of benzene rings is 1. The summed E-state index contributed by atoms with van der Waals surface area (Å²) < 4.78 is 32.0. The number of hydrogen-bond donors (Lipinski definition) is 1. The molecule has 0 aromatic heterocycles. The lowest BCUT2D eigenvalue weighted by molar-refractivity contribution is -0.145. The van der Waals surface area contributed by atoms with Gasteiger partial charge in [0, 0.05) is 5.56 Å². The Hall–Kier alpha value is -2.02. The van der Waals surface area contributed by atoms with Gasteiger partial charge in [0.1, 0.15) is 6.04 Å². The summed E-state index contributed by atoms with van der Waals surface area (Å²) in [5.41, 5.74) is -0.0729. The third-order valence-corrected chi connectivity index (χ3v) is 3.88. The molecule has 1 aromatic rings. The molecule has 0 spiro atoms. The minimum Gasteiger partial charge on any atom is -0.481 e. The highest BCUT2D eigenvalue weighted by Gasteiger charge is 2.48. The molecule has 1 saturated heterocycles. The fourth-order valence-corrected chi connectivity index (χ4v) is 2.83. The molecular formula is C14H15F2NO4. The first-order valence-corrected chi connectivity index (χ1v) is 6.35. The number of methoxy groups -OCH3 is 1. The molecule has 1 aliphatic rings. The van der Waals surface area contributed by atoms with Crippen molar-refractivity contribution in [3.63, 3.8) is 0 Å². The van der Waals surface area contributed by atoms with Gasteiger partial charge in [-0.05, 0) is 19.5 Å². The van der Waals surface area contributed by atoms with E-state index in [1.54, 1.807) is 0 Å². The molecule has 114 valence electrons. The van der Waals surface area contributed by atoms with Crippen molar-refractivity contribution in [2.24, 2.45) is 5.92 Å². The predicted octanol–water partition coefficient (Wildman–Crippen LogP) is 1.58. The topological polar surface area (TPSA) is 66.8 Å². The third kappa shape index (κ3) is 2.61. The summed E-state index contributed by atoms with van der Waals surface area (Å²) in [6, 6.07) is 1.87. The van der Waals surface area contributed by atoms with E-state index >= 15 is 0 Å². The lowest BCUT2D eigenvalue weighted by Gasteiger charge is -2.26. The first-order chi connectivity index (χ1) is 9.88. The molecule has 1 fully saturated rings. The van der Waals surface area contributed by atoms with Gasteiger partial charge < -0.3 is 9.84 Å². The largest absolute Gasteiger partial charge is 0.481 e. The number of halogens is 2. The van der Waals surface area contributed by atoms with Crippen LogP contribution in [0.3, 0.4) is 0 Å². The van der Waals surface area contributed by atoms with Crippen molar-refractivity contribution in [3.05, 3.63) is 35.4 Å². The number of ether oxygens (including phenoxy) is 1. The van der Waals surface area contributed by atoms with Crippen LogP contribution >= 0.6 is 0 Å². The Morgan fingerprint density at radius 1 is 1.38 bits per heavy atom.